The zero-order valence-corrected chi connectivity index (χ0v) is 36.4. The zero-order chi connectivity index (χ0) is 42.4. The number of rotatable bonds is 4. The maximum Gasteiger partial charge on any atom is 0.0725 e. The first kappa shape index (κ1) is 36.4. The molecule has 1 spiro atoms. The van der Waals surface area contributed by atoms with E-state index in [0.29, 0.717) is 0 Å². The van der Waals surface area contributed by atoms with Gasteiger partial charge in [-0.25, -0.2) is 0 Å². The fourth-order valence-corrected chi connectivity index (χ4v) is 12.5. The van der Waals surface area contributed by atoms with E-state index < -0.39 is 0 Å². The highest BCUT2D eigenvalue weighted by Crippen LogP contribution is 2.63. The van der Waals surface area contributed by atoms with Gasteiger partial charge < -0.3 is 4.90 Å². The number of fused-ring (bicyclic) bond motifs is 16. The molecular weight excluding hydrogens is 759 g/mol. The van der Waals surface area contributed by atoms with Crippen LogP contribution in [0.15, 0.2) is 194 Å². The van der Waals surface area contributed by atoms with E-state index in [1.165, 1.54) is 123 Å². The molecule has 9 aromatic rings. The average molecular weight is 806 g/mol. The Kier molecular flexibility index (Phi) is 7.33. The minimum absolute atomic E-state index is 0.134. The summed E-state index contributed by atoms with van der Waals surface area (Å²) in [5, 5.41) is 0. The van der Waals surface area contributed by atoms with E-state index in [9.17, 15) is 0 Å². The van der Waals surface area contributed by atoms with Gasteiger partial charge in [-0.2, -0.15) is 0 Å². The molecule has 0 atom stereocenters. The standard InChI is InChI=1S/C62H47N/c1-38-29-32-41(39-30-34-54-48(36-39)45-20-9-15-26-53(45)62(54)51-24-13-7-18-43(51)44-19-8-14-25-52(44)62)58(35-38)63(40-31-33-46-42-17-6-11-22-49(42)61(4,5)56(46)37-40)57-28-16-27-55-59(57)47-21-10-12-23-50(47)60(55,2)3/h6-37H,1-5H3. The van der Waals surface area contributed by atoms with Crippen LogP contribution in [0.4, 0.5) is 17.1 Å². The lowest BCUT2D eigenvalue weighted by Gasteiger charge is -2.32. The Labute approximate surface area is 371 Å². The lowest BCUT2D eigenvalue weighted by Crippen LogP contribution is -2.25. The van der Waals surface area contributed by atoms with Crippen LogP contribution in [0.1, 0.15) is 77.8 Å². The lowest BCUT2D eigenvalue weighted by atomic mass is 9.70. The number of benzene rings is 9. The second-order valence-corrected chi connectivity index (χ2v) is 19.3. The Morgan fingerprint density at radius 3 is 1.44 bits per heavy atom. The van der Waals surface area contributed by atoms with Gasteiger partial charge in [-0.3, -0.25) is 0 Å². The topological polar surface area (TPSA) is 3.24 Å². The van der Waals surface area contributed by atoms with Gasteiger partial charge in [-0.05, 0) is 132 Å². The third kappa shape index (κ3) is 4.67. The van der Waals surface area contributed by atoms with Gasteiger partial charge in [0.05, 0.1) is 16.8 Å². The van der Waals surface area contributed by atoms with Crippen molar-refractivity contribution in [2.24, 2.45) is 0 Å². The molecule has 0 bridgehead atoms. The van der Waals surface area contributed by atoms with E-state index in [-0.39, 0.29) is 16.2 Å². The Morgan fingerprint density at radius 1 is 0.317 bits per heavy atom. The van der Waals surface area contributed by atoms with Crippen molar-refractivity contribution in [2.45, 2.75) is 50.9 Å². The smallest absolute Gasteiger partial charge is 0.0725 e. The van der Waals surface area contributed by atoms with E-state index >= 15 is 0 Å². The highest BCUT2D eigenvalue weighted by Gasteiger charge is 2.51. The van der Waals surface area contributed by atoms with Crippen LogP contribution in [-0.2, 0) is 16.2 Å². The van der Waals surface area contributed by atoms with Crippen molar-refractivity contribution in [3.8, 4) is 55.6 Å². The van der Waals surface area contributed by atoms with E-state index in [1.807, 2.05) is 0 Å². The first-order chi connectivity index (χ1) is 30.7. The molecule has 0 N–H and O–H groups in total. The Morgan fingerprint density at radius 2 is 0.794 bits per heavy atom. The SMILES string of the molecule is Cc1ccc(-c2ccc3c(c2)-c2ccccc2C32c3ccccc3-c3ccccc32)c(N(c2ccc3c(c2)C(C)(C)c2ccccc2-3)c2cccc3c2-c2ccccc2C3(C)C)c1. The van der Waals surface area contributed by atoms with E-state index in [4.69, 9.17) is 0 Å². The molecule has 4 aliphatic carbocycles. The first-order valence-corrected chi connectivity index (χ1v) is 22.5. The molecule has 9 aromatic carbocycles. The van der Waals surface area contributed by atoms with Gasteiger partial charge in [-0.1, -0.05) is 191 Å². The molecule has 1 heteroatoms. The summed E-state index contributed by atoms with van der Waals surface area (Å²) in [6.45, 7) is 11.8. The molecule has 63 heavy (non-hydrogen) atoms. The van der Waals surface area contributed by atoms with Gasteiger partial charge >= 0.3 is 0 Å². The Hall–Kier alpha value is -7.22. The number of hydrogen-bond acceptors (Lipinski definition) is 1. The van der Waals surface area contributed by atoms with Crippen LogP contribution in [0.25, 0.3) is 55.6 Å². The molecule has 0 amide bonds. The quantitative estimate of drug-likeness (QED) is 0.171. The van der Waals surface area contributed by atoms with Crippen molar-refractivity contribution < 1.29 is 0 Å². The molecule has 300 valence electrons. The fourth-order valence-electron chi connectivity index (χ4n) is 12.5. The summed E-state index contributed by atoms with van der Waals surface area (Å²) in [5.41, 5.74) is 28.1. The normalized spacial score (nSPS) is 15.4. The molecule has 0 saturated heterocycles. The van der Waals surface area contributed by atoms with Crippen molar-refractivity contribution in [3.63, 3.8) is 0 Å². The summed E-state index contributed by atoms with van der Waals surface area (Å²) >= 11 is 0. The molecule has 0 aromatic heterocycles. The summed E-state index contributed by atoms with van der Waals surface area (Å²) in [6.07, 6.45) is 0. The maximum atomic E-state index is 2.59. The van der Waals surface area contributed by atoms with Crippen molar-refractivity contribution in [1.82, 2.24) is 0 Å². The third-order valence-corrected chi connectivity index (χ3v) is 15.4. The predicted octanol–water partition coefficient (Wildman–Crippen LogP) is 16.1. The van der Waals surface area contributed by atoms with Crippen LogP contribution in [0.2, 0.25) is 0 Å². The predicted molar refractivity (Wildman–Crippen MR) is 263 cm³/mol. The Balaban J connectivity index is 1.07. The fraction of sp³-hybridized carbons (Fsp3) is 0.129. The van der Waals surface area contributed by atoms with E-state index in [2.05, 4.69) is 234 Å². The maximum absolute atomic E-state index is 2.59. The molecule has 13 rings (SSSR count). The van der Waals surface area contributed by atoms with Gasteiger partial charge in [0.2, 0.25) is 0 Å². The molecule has 0 radical (unpaired) electrons. The van der Waals surface area contributed by atoms with Crippen molar-refractivity contribution in [1.29, 1.82) is 0 Å². The monoisotopic (exact) mass is 805 g/mol. The number of hydrogen-bond donors (Lipinski definition) is 0. The van der Waals surface area contributed by atoms with Gasteiger partial charge in [0.1, 0.15) is 0 Å². The zero-order valence-electron chi connectivity index (χ0n) is 36.4. The Bertz CT molecular complexity index is 3390. The van der Waals surface area contributed by atoms with Crippen molar-refractivity contribution in [2.75, 3.05) is 4.90 Å². The average Bonchev–Trinajstić information content (AvgIpc) is 3.94. The summed E-state index contributed by atoms with van der Waals surface area (Å²) in [5.74, 6) is 0. The van der Waals surface area contributed by atoms with Gasteiger partial charge in [-0.15, -0.1) is 0 Å². The van der Waals surface area contributed by atoms with Crippen LogP contribution in [-0.4, -0.2) is 0 Å². The molecule has 0 saturated carbocycles. The molecule has 0 unspecified atom stereocenters. The minimum Gasteiger partial charge on any atom is -0.309 e. The highest BCUT2D eigenvalue weighted by atomic mass is 15.1. The molecule has 0 fully saturated rings. The summed E-state index contributed by atoms with van der Waals surface area (Å²) in [6, 6.07) is 74.0. The molecule has 0 heterocycles. The summed E-state index contributed by atoms with van der Waals surface area (Å²) < 4.78 is 0. The molecule has 0 aliphatic heterocycles. The van der Waals surface area contributed by atoms with Crippen molar-refractivity contribution in [3.05, 3.63) is 244 Å². The van der Waals surface area contributed by atoms with Crippen LogP contribution >= 0.6 is 0 Å². The highest BCUT2D eigenvalue weighted by molar-refractivity contribution is 6.01. The second kappa shape index (κ2) is 12.7. The third-order valence-electron chi connectivity index (χ3n) is 15.4. The molecule has 4 aliphatic rings. The minimum atomic E-state index is -0.376. The number of nitrogens with zero attached hydrogens (tertiary/aromatic N) is 1. The van der Waals surface area contributed by atoms with Gasteiger partial charge in [0.15, 0.2) is 0 Å². The van der Waals surface area contributed by atoms with Gasteiger partial charge in [0, 0.05) is 27.6 Å². The van der Waals surface area contributed by atoms with E-state index in [1.54, 1.807) is 0 Å². The van der Waals surface area contributed by atoms with E-state index in [0.717, 1.165) is 0 Å². The summed E-state index contributed by atoms with van der Waals surface area (Å²) in [7, 11) is 0. The molecular formula is C62H47N. The number of anilines is 3. The largest absolute Gasteiger partial charge is 0.309 e. The van der Waals surface area contributed by atoms with Crippen LogP contribution in [0.5, 0.6) is 0 Å². The van der Waals surface area contributed by atoms with Crippen LogP contribution in [0, 0.1) is 6.92 Å². The number of aryl methyl sites for hydroxylation is 1. The van der Waals surface area contributed by atoms with Crippen LogP contribution in [0.3, 0.4) is 0 Å². The van der Waals surface area contributed by atoms with Crippen molar-refractivity contribution >= 4 is 17.1 Å². The van der Waals surface area contributed by atoms with Crippen LogP contribution < -0.4 is 4.90 Å². The molecule has 1 nitrogen and oxygen atoms in total. The first-order valence-electron chi connectivity index (χ1n) is 22.5. The van der Waals surface area contributed by atoms with Gasteiger partial charge in [0.25, 0.3) is 0 Å². The lowest BCUT2D eigenvalue weighted by molar-refractivity contribution is 0.660. The summed E-state index contributed by atoms with van der Waals surface area (Å²) in [4.78, 5) is 2.59. The second-order valence-electron chi connectivity index (χ2n) is 19.3.